The van der Waals surface area contributed by atoms with Gasteiger partial charge < -0.3 is 20.0 Å². The minimum atomic E-state index is -0.587. The largest absolute Gasteiger partial charge is 1.00 e. The predicted molar refractivity (Wildman–Crippen MR) is 51.9 cm³/mol. The van der Waals surface area contributed by atoms with Gasteiger partial charge in [-0.2, -0.15) is 0 Å². The number of fused-ring (bicyclic) bond motifs is 1. The number of ether oxygens (including phenoxy) is 1. The summed E-state index contributed by atoms with van der Waals surface area (Å²) in [7, 11) is 1.30. The molecule has 0 radical (unpaired) electrons. The van der Waals surface area contributed by atoms with Crippen LogP contribution in [0.3, 0.4) is 0 Å². The third-order valence-corrected chi connectivity index (χ3v) is 2.00. The average Bonchev–Trinajstić information content (AvgIpc) is 2.37. The number of rotatable bonds is 1. The maximum atomic E-state index is 11.6. The van der Waals surface area contributed by atoms with Crippen molar-refractivity contribution in [3.63, 3.8) is 0 Å². The molecule has 0 spiro atoms. The number of carbonyl (C=O) groups excluding carboxylic acids is 1. The SMILES string of the molecule is COC1=C=C([O-])c2ccccc2[N-]C1=O.[Li+].[Li+]. The third-order valence-electron chi connectivity index (χ3n) is 2.00. The molecule has 76 valence electrons. The van der Waals surface area contributed by atoms with Gasteiger partial charge in [-0.1, -0.05) is 35.8 Å². The van der Waals surface area contributed by atoms with Crippen LogP contribution in [0, 0.1) is 0 Å². The first-order valence-electron chi connectivity index (χ1n) is 4.30. The summed E-state index contributed by atoms with van der Waals surface area (Å²) >= 11 is 0. The van der Waals surface area contributed by atoms with E-state index in [1.807, 2.05) is 0 Å². The Morgan fingerprint density at radius 3 is 2.59 bits per heavy atom. The Labute approximate surface area is 123 Å². The Hall–Kier alpha value is -0.995. The molecule has 17 heavy (non-hydrogen) atoms. The Morgan fingerprint density at radius 1 is 1.29 bits per heavy atom. The fourth-order valence-corrected chi connectivity index (χ4v) is 1.29. The van der Waals surface area contributed by atoms with Crippen LogP contribution in [-0.2, 0) is 9.53 Å². The molecule has 0 saturated carbocycles. The van der Waals surface area contributed by atoms with Gasteiger partial charge in [0.25, 0.3) is 0 Å². The Kier molecular flexibility index (Phi) is 6.28. The first-order valence-corrected chi connectivity index (χ1v) is 4.30. The quantitative estimate of drug-likeness (QED) is 0.348. The minimum absolute atomic E-state index is 0. The second-order valence-corrected chi connectivity index (χ2v) is 2.92. The number of benzene rings is 1. The van der Waals surface area contributed by atoms with E-state index in [0.717, 1.165) is 0 Å². The molecule has 4 nitrogen and oxygen atoms in total. The van der Waals surface area contributed by atoms with Gasteiger partial charge in [-0.05, 0) is 5.56 Å². The normalized spacial score (nSPS) is 12.6. The first kappa shape index (κ1) is 16.0. The third kappa shape index (κ3) is 3.24. The van der Waals surface area contributed by atoms with Gasteiger partial charge in [-0.15, -0.1) is 5.69 Å². The van der Waals surface area contributed by atoms with Crippen LogP contribution in [0.4, 0.5) is 5.69 Å². The number of hydrogen-bond donors (Lipinski definition) is 0. The molecule has 2 rings (SSSR count). The summed E-state index contributed by atoms with van der Waals surface area (Å²) in [6.07, 6.45) is 0. The molecule has 0 saturated heterocycles. The zero-order valence-corrected chi connectivity index (χ0v) is 9.98. The number of hydrogen-bond acceptors (Lipinski definition) is 3. The van der Waals surface area contributed by atoms with Crippen molar-refractivity contribution in [1.29, 1.82) is 0 Å². The summed E-state index contributed by atoms with van der Waals surface area (Å²) in [4.78, 5) is 11.4. The van der Waals surface area contributed by atoms with Gasteiger partial charge in [0, 0.05) is 0 Å². The summed E-state index contributed by atoms with van der Waals surface area (Å²) < 4.78 is 4.73. The smallest absolute Gasteiger partial charge is 0.866 e. The number of carbonyl (C=O) groups is 1. The van der Waals surface area contributed by atoms with E-state index in [4.69, 9.17) is 4.74 Å². The standard InChI is InChI=1S/C11H9NO3.2Li/c1-15-10-6-9(13)7-4-2-3-5-8(7)12-11(10)14;;/h2-5H,1H3,(H2,12,13,14);;/q;2*+1/p-2. The van der Waals surface area contributed by atoms with E-state index in [-0.39, 0.29) is 43.5 Å². The maximum Gasteiger partial charge on any atom is 1.00 e. The molecule has 0 N–H and O–H groups in total. The summed E-state index contributed by atoms with van der Waals surface area (Å²) in [6.45, 7) is 0. The van der Waals surface area contributed by atoms with Crippen LogP contribution in [0.2, 0.25) is 0 Å². The van der Waals surface area contributed by atoms with Crippen LogP contribution in [0.5, 0.6) is 0 Å². The molecule has 0 bridgehead atoms. The van der Waals surface area contributed by atoms with Crippen LogP contribution in [0.1, 0.15) is 5.56 Å². The molecule has 1 aliphatic heterocycles. The molecule has 0 unspecified atom stereocenters. The van der Waals surface area contributed by atoms with Gasteiger partial charge in [0.2, 0.25) is 0 Å². The fourth-order valence-electron chi connectivity index (χ4n) is 1.29. The Bertz CT molecular complexity index is 493. The van der Waals surface area contributed by atoms with E-state index in [9.17, 15) is 9.90 Å². The molecule has 0 aliphatic carbocycles. The number of methoxy groups -OCH3 is 1. The zero-order chi connectivity index (χ0) is 10.8. The topological polar surface area (TPSA) is 63.5 Å². The van der Waals surface area contributed by atoms with Crippen molar-refractivity contribution >= 4 is 17.4 Å². The number of amides is 1. The first-order chi connectivity index (χ1) is 7.22. The Morgan fingerprint density at radius 2 is 1.94 bits per heavy atom. The maximum absolute atomic E-state index is 11.6. The van der Waals surface area contributed by atoms with Crippen LogP contribution in [0.25, 0.3) is 11.1 Å². The molecule has 1 aromatic rings. The Balaban J connectivity index is 0.00000128. The molecule has 0 fully saturated rings. The molecule has 1 amide bonds. The van der Waals surface area contributed by atoms with E-state index in [2.05, 4.69) is 11.0 Å². The van der Waals surface area contributed by atoms with Crippen LogP contribution < -0.4 is 42.8 Å². The van der Waals surface area contributed by atoms with Crippen molar-refractivity contribution in [2.24, 2.45) is 0 Å². The van der Waals surface area contributed by atoms with Gasteiger partial charge >= 0.3 is 37.7 Å². The molecule has 1 heterocycles. The predicted octanol–water partition coefficient (Wildman–Crippen LogP) is -4.93. The summed E-state index contributed by atoms with van der Waals surface area (Å²) in [5, 5.41) is 15.4. The minimum Gasteiger partial charge on any atom is -0.866 e. The van der Waals surface area contributed by atoms with E-state index >= 15 is 0 Å². The van der Waals surface area contributed by atoms with Crippen LogP contribution in [0.15, 0.2) is 35.8 Å². The van der Waals surface area contributed by atoms with Crippen LogP contribution in [-0.4, -0.2) is 13.0 Å². The van der Waals surface area contributed by atoms with Crippen molar-refractivity contribution in [2.75, 3.05) is 7.11 Å². The fraction of sp³-hybridized carbons (Fsp3) is 0.0909. The average molecular weight is 215 g/mol. The van der Waals surface area contributed by atoms with Crippen molar-refractivity contribution in [3.8, 4) is 0 Å². The monoisotopic (exact) mass is 215 g/mol. The van der Waals surface area contributed by atoms with Crippen molar-refractivity contribution in [1.82, 2.24) is 0 Å². The van der Waals surface area contributed by atoms with E-state index < -0.39 is 11.7 Å². The molecule has 1 aliphatic rings. The van der Waals surface area contributed by atoms with Gasteiger partial charge in [0.15, 0.2) is 5.76 Å². The zero-order valence-electron chi connectivity index (χ0n) is 9.98. The van der Waals surface area contributed by atoms with Crippen molar-refractivity contribution in [3.05, 3.63) is 46.6 Å². The molecule has 1 aromatic carbocycles. The van der Waals surface area contributed by atoms with Gasteiger partial charge in [0.05, 0.1) is 7.11 Å². The van der Waals surface area contributed by atoms with Gasteiger partial charge in [-0.3, -0.25) is 0 Å². The van der Waals surface area contributed by atoms with Crippen molar-refractivity contribution in [2.45, 2.75) is 0 Å². The van der Waals surface area contributed by atoms with Gasteiger partial charge in [0.1, 0.15) is 5.91 Å². The summed E-state index contributed by atoms with van der Waals surface area (Å²) in [5.41, 5.74) is 3.06. The van der Waals surface area contributed by atoms with Crippen molar-refractivity contribution < 1.29 is 52.4 Å². The number of nitrogens with zero attached hydrogens (tertiary/aromatic N) is 1. The van der Waals surface area contributed by atoms with E-state index in [1.165, 1.54) is 7.11 Å². The molecule has 0 aromatic heterocycles. The molecule has 0 atom stereocenters. The summed E-state index contributed by atoms with van der Waals surface area (Å²) in [5.74, 6) is -1.14. The number of para-hydroxylation sites is 1. The van der Waals surface area contributed by atoms with Gasteiger partial charge in [-0.25, -0.2) is 0 Å². The molecule has 6 heteroatoms. The molecular formula is C11H7Li2NO3. The molecular weight excluding hydrogens is 208 g/mol. The van der Waals surface area contributed by atoms with E-state index in [1.54, 1.807) is 24.3 Å². The van der Waals surface area contributed by atoms with E-state index in [0.29, 0.717) is 11.3 Å². The van der Waals surface area contributed by atoms with Crippen LogP contribution >= 0.6 is 0 Å². The second-order valence-electron chi connectivity index (χ2n) is 2.92. The second kappa shape index (κ2) is 6.67. The summed E-state index contributed by atoms with van der Waals surface area (Å²) in [6, 6.07) is 6.61.